The average molecular weight is 245 g/mol. The van der Waals surface area contributed by atoms with E-state index >= 15 is 0 Å². The van der Waals surface area contributed by atoms with Crippen molar-refractivity contribution in [2.45, 2.75) is 72.1 Å². The minimum atomic E-state index is 0.438. The molecule has 0 aromatic rings. The largest absolute Gasteiger partial charge is 0.123 e. The minimum Gasteiger partial charge on any atom is -0.123 e. The van der Waals surface area contributed by atoms with E-state index in [-0.39, 0.29) is 0 Å². The van der Waals surface area contributed by atoms with Gasteiger partial charge < -0.3 is 0 Å². The molecule has 0 amide bonds. The lowest BCUT2D eigenvalue weighted by Gasteiger charge is -2.40. The van der Waals surface area contributed by atoms with Gasteiger partial charge in [0.15, 0.2) is 0 Å². The van der Waals surface area contributed by atoms with Crippen LogP contribution in [0.25, 0.3) is 0 Å². The molecule has 1 fully saturated rings. The standard InChI is InChI=1S/C15H29Cl/c1-6-11(2)9-12-10-13(15(3,4)5)7-8-14(12)16/h11-14H,6-10H2,1-5H3. The molecule has 4 unspecified atom stereocenters. The van der Waals surface area contributed by atoms with Crippen molar-refractivity contribution in [2.24, 2.45) is 23.2 Å². The summed E-state index contributed by atoms with van der Waals surface area (Å²) in [6.45, 7) is 11.8. The van der Waals surface area contributed by atoms with Gasteiger partial charge in [-0.25, -0.2) is 0 Å². The molecule has 96 valence electrons. The number of rotatable bonds is 3. The van der Waals surface area contributed by atoms with E-state index in [4.69, 9.17) is 11.6 Å². The molecule has 0 aliphatic heterocycles. The Labute approximate surface area is 107 Å². The Kier molecular flexibility index (Phi) is 5.16. The van der Waals surface area contributed by atoms with Crippen LogP contribution in [0.1, 0.15) is 66.7 Å². The van der Waals surface area contributed by atoms with E-state index in [0.29, 0.717) is 10.8 Å². The van der Waals surface area contributed by atoms with Crippen LogP contribution in [0.2, 0.25) is 0 Å². The Bertz CT molecular complexity index is 204. The van der Waals surface area contributed by atoms with Gasteiger partial charge in [-0.2, -0.15) is 0 Å². The molecule has 0 heterocycles. The molecular weight excluding hydrogens is 216 g/mol. The molecule has 0 nitrogen and oxygen atoms in total. The molecule has 0 bridgehead atoms. The maximum absolute atomic E-state index is 6.50. The lowest BCUT2D eigenvalue weighted by Crippen LogP contribution is -2.33. The topological polar surface area (TPSA) is 0 Å². The Balaban J connectivity index is 2.55. The first-order valence-corrected chi connectivity index (χ1v) is 7.42. The monoisotopic (exact) mass is 244 g/mol. The van der Waals surface area contributed by atoms with Crippen molar-refractivity contribution in [1.82, 2.24) is 0 Å². The molecule has 1 rings (SSSR count). The van der Waals surface area contributed by atoms with Gasteiger partial charge in [0, 0.05) is 5.38 Å². The molecule has 1 heteroatoms. The molecule has 0 saturated heterocycles. The highest BCUT2D eigenvalue weighted by Crippen LogP contribution is 2.44. The van der Waals surface area contributed by atoms with E-state index in [1.807, 2.05) is 0 Å². The van der Waals surface area contributed by atoms with Crippen LogP contribution in [-0.4, -0.2) is 5.38 Å². The molecule has 0 N–H and O–H groups in total. The molecule has 0 spiro atoms. The first-order chi connectivity index (χ1) is 7.34. The van der Waals surface area contributed by atoms with Gasteiger partial charge in [-0.05, 0) is 48.9 Å². The first-order valence-electron chi connectivity index (χ1n) is 6.98. The van der Waals surface area contributed by atoms with Crippen LogP contribution in [0.4, 0.5) is 0 Å². The second-order valence-corrected chi connectivity index (χ2v) is 7.46. The fourth-order valence-corrected chi connectivity index (χ4v) is 3.27. The van der Waals surface area contributed by atoms with Crippen molar-refractivity contribution in [3.05, 3.63) is 0 Å². The average Bonchev–Trinajstić information content (AvgIpc) is 2.19. The van der Waals surface area contributed by atoms with Crippen molar-refractivity contribution in [3.8, 4) is 0 Å². The predicted octanol–water partition coefficient (Wildman–Crippen LogP) is 5.49. The van der Waals surface area contributed by atoms with E-state index in [1.165, 1.54) is 32.1 Å². The third kappa shape index (κ3) is 3.95. The molecule has 1 saturated carbocycles. The quantitative estimate of drug-likeness (QED) is 0.576. The highest BCUT2D eigenvalue weighted by molar-refractivity contribution is 6.20. The van der Waals surface area contributed by atoms with Crippen molar-refractivity contribution in [1.29, 1.82) is 0 Å². The third-order valence-electron chi connectivity index (χ3n) is 4.52. The van der Waals surface area contributed by atoms with Crippen LogP contribution in [0.5, 0.6) is 0 Å². The zero-order chi connectivity index (χ0) is 12.3. The van der Waals surface area contributed by atoms with E-state index in [9.17, 15) is 0 Å². The zero-order valence-corrected chi connectivity index (χ0v) is 12.5. The van der Waals surface area contributed by atoms with Gasteiger partial charge in [0.2, 0.25) is 0 Å². The Hall–Kier alpha value is 0.290. The van der Waals surface area contributed by atoms with Crippen LogP contribution in [0, 0.1) is 23.2 Å². The van der Waals surface area contributed by atoms with Crippen molar-refractivity contribution in [3.63, 3.8) is 0 Å². The zero-order valence-electron chi connectivity index (χ0n) is 11.7. The van der Waals surface area contributed by atoms with Crippen LogP contribution in [-0.2, 0) is 0 Å². The second kappa shape index (κ2) is 5.76. The Morgan fingerprint density at radius 1 is 1.25 bits per heavy atom. The molecule has 16 heavy (non-hydrogen) atoms. The van der Waals surface area contributed by atoms with Crippen LogP contribution < -0.4 is 0 Å². The molecule has 1 aliphatic carbocycles. The summed E-state index contributed by atoms with van der Waals surface area (Å²) < 4.78 is 0. The number of alkyl halides is 1. The SMILES string of the molecule is CCC(C)CC1CC(C(C)(C)C)CCC1Cl. The summed E-state index contributed by atoms with van der Waals surface area (Å²) in [7, 11) is 0. The fraction of sp³-hybridized carbons (Fsp3) is 1.00. The van der Waals surface area contributed by atoms with E-state index in [1.54, 1.807) is 0 Å². The third-order valence-corrected chi connectivity index (χ3v) is 5.09. The lowest BCUT2D eigenvalue weighted by atomic mass is 9.67. The summed E-state index contributed by atoms with van der Waals surface area (Å²) in [5, 5.41) is 0.438. The molecule has 0 aromatic carbocycles. The molecule has 4 atom stereocenters. The van der Waals surface area contributed by atoms with E-state index < -0.39 is 0 Å². The van der Waals surface area contributed by atoms with Crippen molar-refractivity contribution < 1.29 is 0 Å². The highest BCUT2D eigenvalue weighted by atomic mass is 35.5. The van der Waals surface area contributed by atoms with Crippen LogP contribution >= 0.6 is 11.6 Å². The fourth-order valence-electron chi connectivity index (χ4n) is 2.94. The summed E-state index contributed by atoms with van der Waals surface area (Å²) >= 11 is 6.50. The Morgan fingerprint density at radius 2 is 1.88 bits per heavy atom. The van der Waals surface area contributed by atoms with Gasteiger partial charge in [0.1, 0.15) is 0 Å². The second-order valence-electron chi connectivity index (χ2n) is 6.90. The number of hydrogen-bond donors (Lipinski definition) is 0. The van der Waals surface area contributed by atoms with Gasteiger partial charge in [0.25, 0.3) is 0 Å². The smallest absolute Gasteiger partial charge is 0.0364 e. The summed E-state index contributed by atoms with van der Waals surface area (Å²) in [4.78, 5) is 0. The summed E-state index contributed by atoms with van der Waals surface area (Å²) in [5.74, 6) is 2.47. The maximum atomic E-state index is 6.50. The number of hydrogen-bond acceptors (Lipinski definition) is 0. The van der Waals surface area contributed by atoms with Crippen LogP contribution in [0.3, 0.4) is 0 Å². The van der Waals surface area contributed by atoms with Gasteiger partial charge in [-0.1, -0.05) is 41.0 Å². The summed E-state index contributed by atoms with van der Waals surface area (Å²) in [5.41, 5.74) is 0.463. The summed E-state index contributed by atoms with van der Waals surface area (Å²) in [6.07, 6.45) is 6.53. The summed E-state index contributed by atoms with van der Waals surface area (Å²) in [6, 6.07) is 0. The molecular formula is C15H29Cl. The van der Waals surface area contributed by atoms with Gasteiger partial charge in [0.05, 0.1) is 0 Å². The van der Waals surface area contributed by atoms with E-state index in [2.05, 4.69) is 34.6 Å². The normalized spacial score (nSPS) is 33.8. The van der Waals surface area contributed by atoms with Crippen LogP contribution in [0.15, 0.2) is 0 Å². The molecule has 0 aromatic heterocycles. The van der Waals surface area contributed by atoms with Gasteiger partial charge in [-0.3, -0.25) is 0 Å². The van der Waals surface area contributed by atoms with Crippen molar-refractivity contribution >= 4 is 11.6 Å². The minimum absolute atomic E-state index is 0.438. The highest BCUT2D eigenvalue weighted by Gasteiger charge is 2.35. The molecule has 0 radical (unpaired) electrons. The number of halogens is 1. The first kappa shape index (κ1) is 14.4. The maximum Gasteiger partial charge on any atom is 0.0364 e. The van der Waals surface area contributed by atoms with E-state index in [0.717, 1.165) is 17.8 Å². The van der Waals surface area contributed by atoms with Gasteiger partial charge >= 0.3 is 0 Å². The van der Waals surface area contributed by atoms with Crippen molar-refractivity contribution in [2.75, 3.05) is 0 Å². The molecule has 1 aliphatic rings. The lowest BCUT2D eigenvalue weighted by molar-refractivity contribution is 0.132. The predicted molar refractivity (Wildman–Crippen MR) is 74.0 cm³/mol. The Morgan fingerprint density at radius 3 is 2.38 bits per heavy atom. The van der Waals surface area contributed by atoms with Gasteiger partial charge in [-0.15, -0.1) is 11.6 Å².